The molecule has 2 aliphatic rings. The van der Waals surface area contributed by atoms with Gasteiger partial charge in [0, 0.05) is 72.5 Å². The highest BCUT2D eigenvalue weighted by atomic mass is 16.5. The number of rotatable bonds is 9. The van der Waals surface area contributed by atoms with Crippen LogP contribution in [0.25, 0.3) is 0 Å². The normalized spacial score (nSPS) is 18.0. The van der Waals surface area contributed by atoms with Crippen LogP contribution in [0.2, 0.25) is 0 Å². The SMILES string of the molecule is CN=C(NCCCC(=O)N1CCc2ccccc2C1)NC1CCN(CCCOC)CC1. The Hall–Kier alpha value is -2.12. The minimum atomic E-state index is 0.250. The van der Waals surface area contributed by atoms with Gasteiger partial charge < -0.3 is 25.2 Å². The van der Waals surface area contributed by atoms with Crippen molar-refractivity contribution in [2.24, 2.45) is 4.99 Å². The zero-order chi connectivity index (χ0) is 21.9. The summed E-state index contributed by atoms with van der Waals surface area (Å²) in [4.78, 5) is 21.5. The summed E-state index contributed by atoms with van der Waals surface area (Å²) >= 11 is 0. The Morgan fingerprint density at radius 2 is 1.94 bits per heavy atom. The molecule has 0 radical (unpaired) electrons. The molecular formula is C24H39N5O2. The molecule has 2 N–H and O–H groups in total. The minimum absolute atomic E-state index is 0.250. The Kier molecular flexibility index (Phi) is 9.62. The highest BCUT2D eigenvalue weighted by molar-refractivity contribution is 5.80. The number of benzene rings is 1. The van der Waals surface area contributed by atoms with Crippen LogP contribution in [0.15, 0.2) is 29.3 Å². The number of guanidine groups is 1. The van der Waals surface area contributed by atoms with Gasteiger partial charge in [0.2, 0.25) is 5.91 Å². The summed E-state index contributed by atoms with van der Waals surface area (Å²) in [7, 11) is 3.57. The first-order valence-corrected chi connectivity index (χ1v) is 11.7. The minimum Gasteiger partial charge on any atom is -0.385 e. The van der Waals surface area contributed by atoms with E-state index in [0.717, 1.165) is 83.9 Å². The third-order valence-electron chi connectivity index (χ3n) is 6.32. The number of aliphatic imine (C=N–C) groups is 1. The number of piperidine rings is 1. The molecule has 1 aromatic carbocycles. The summed E-state index contributed by atoms with van der Waals surface area (Å²) < 4.78 is 5.14. The third kappa shape index (κ3) is 7.51. The van der Waals surface area contributed by atoms with Crippen molar-refractivity contribution in [1.82, 2.24) is 20.4 Å². The molecule has 1 fully saturated rings. The molecule has 0 aromatic heterocycles. The molecule has 172 valence electrons. The lowest BCUT2D eigenvalue weighted by molar-refractivity contribution is -0.132. The van der Waals surface area contributed by atoms with Crippen molar-refractivity contribution < 1.29 is 9.53 Å². The average Bonchev–Trinajstić information content (AvgIpc) is 2.81. The van der Waals surface area contributed by atoms with Crippen molar-refractivity contribution in [3.8, 4) is 0 Å². The van der Waals surface area contributed by atoms with Gasteiger partial charge >= 0.3 is 0 Å². The van der Waals surface area contributed by atoms with Crippen LogP contribution < -0.4 is 10.6 Å². The second kappa shape index (κ2) is 12.7. The molecule has 0 saturated carbocycles. The molecule has 2 aliphatic heterocycles. The second-order valence-electron chi connectivity index (χ2n) is 8.54. The standard InChI is InChI=1S/C24H39N5O2/c1-25-24(27-22-11-15-28(16-12-22)14-6-18-31-2)26-13-5-9-23(30)29-17-10-20-7-3-4-8-21(20)19-29/h3-4,7-8,22H,5-6,9-19H2,1-2H3,(H2,25,26,27). The Labute approximate surface area is 187 Å². The summed E-state index contributed by atoms with van der Waals surface area (Å²) in [5, 5.41) is 6.93. The first kappa shape index (κ1) is 23.5. The fourth-order valence-corrected chi connectivity index (χ4v) is 4.43. The van der Waals surface area contributed by atoms with Crippen molar-refractivity contribution in [2.75, 3.05) is 53.5 Å². The number of nitrogens with one attached hydrogen (secondary N) is 2. The maximum atomic E-state index is 12.6. The van der Waals surface area contributed by atoms with E-state index in [0.29, 0.717) is 12.5 Å². The van der Waals surface area contributed by atoms with E-state index in [-0.39, 0.29) is 5.91 Å². The number of amides is 1. The van der Waals surface area contributed by atoms with Gasteiger partial charge in [-0.15, -0.1) is 0 Å². The monoisotopic (exact) mass is 429 g/mol. The zero-order valence-corrected chi connectivity index (χ0v) is 19.2. The fourth-order valence-electron chi connectivity index (χ4n) is 4.43. The second-order valence-corrected chi connectivity index (χ2v) is 8.54. The molecular weight excluding hydrogens is 390 g/mol. The van der Waals surface area contributed by atoms with Gasteiger partial charge in [-0.1, -0.05) is 24.3 Å². The van der Waals surface area contributed by atoms with Crippen molar-refractivity contribution in [3.63, 3.8) is 0 Å². The molecule has 1 amide bonds. The van der Waals surface area contributed by atoms with Crippen LogP contribution in [0.3, 0.4) is 0 Å². The van der Waals surface area contributed by atoms with Crippen LogP contribution in [0.4, 0.5) is 0 Å². The van der Waals surface area contributed by atoms with Gasteiger partial charge in [-0.2, -0.15) is 0 Å². The molecule has 7 heteroatoms. The van der Waals surface area contributed by atoms with E-state index in [1.807, 2.05) is 11.9 Å². The number of hydrogen-bond acceptors (Lipinski definition) is 4. The average molecular weight is 430 g/mol. The number of fused-ring (bicyclic) bond motifs is 1. The molecule has 7 nitrogen and oxygen atoms in total. The van der Waals surface area contributed by atoms with Crippen molar-refractivity contribution in [3.05, 3.63) is 35.4 Å². The molecule has 0 atom stereocenters. The van der Waals surface area contributed by atoms with E-state index >= 15 is 0 Å². The van der Waals surface area contributed by atoms with Crippen molar-refractivity contribution in [2.45, 2.75) is 51.1 Å². The Morgan fingerprint density at radius 3 is 2.68 bits per heavy atom. The highest BCUT2D eigenvalue weighted by Crippen LogP contribution is 2.19. The molecule has 1 aromatic rings. The molecule has 0 bridgehead atoms. The molecule has 1 saturated heterocycles. The molecule has 31 heavy (non-hydrogen) atoms. The van der Waals surface area contributed by atoms with Gasteiger partial charge in [0.15, 0.2) is 5.96 Å². The van der Waals surface area contributed by atoms with Gasteiger partial charge in [0.25, 0.3) is 0 Å². The first-order valence-electron chi connectivity index (χ1n) is 11.7. The van der Waals surface area contributed by atoms with Crippen LogP contribution >= 0.6 is 0 Å². The maximum Gasteiger partial charge on any atom is 0.222 e. The summed E-state index contributed by atoms with van der Waals surface area (Å²) in [5.41, 5.74) is 2.67. The predicted octanol–water partition coefficient (Wildman–Crippen LogP) is 2.02. The molecule has 0 spiro atoms. The van der Waals surface area contributed by atoms with Gasteiger partial charge in [-0.25, -0.2) is 0 Å². The van der Waals surface area contributed by atoms with E-state index in [4.69, 9.17) is 4.74 Å². The number of hydrogen-bond donors (Lipinski definition) is 2. The summed E-state index contributed by atoms with van der Waals surface area (Å²) in [6, 6.07) is 8.90. The van der Waals surface area contributed by atoms with Crippen molar-refractivity contribution >= 4 is 11.9 Å². The highest BCUT2D eigenvalue weighted by Gasteiger charge is 2.21. The van der Waals surface area contributed by atoms with E-state index in [9.17, 15) is 4.79 Å². The summed E-state index contributed by atoms with van der Waals surface area (Å²) in [6.45, 7) is 6.52. The number of methoxy groups -OCH3 is 1. The summed E-state index contributed by atoms with van der Waals surface area (Å²) in [5.74, 6) is 1.09. The summed E-state index contributed by atoms with van der Waals surface area (Å²) in [6.07, 6.45) is 5.70. The lowest BCUT2D eigenvalue weighted by atomic mass is 9.99. The quantitative estimate of drug-likeness (QED) is 0.357. The van der Waals surface area contributed by atoms with Gasteiger partial charge in [-0.3, -0.25) is 9.79 Å². The zero-order valence-electron chi connectivity index (χ0n) is 19.2. The smallest absolute Gasteiger partial charge is 0.222 e. The number of ether oxygens (including phenoxy) is 1. The lowest BCUT2D eigenvalue weighted by Crippen LogP contribution is -2.49. The largest absolute Gasteiger partial charge is 0.385 e. The Morgan fingerprint density at radius 1 is 1.16 bits per heavy atom. The topological polar surface area (TPSA) is 69.2 Å². The maximum absolute atomic E-state index is 12.6. The van der Waals surface area contributed by atoms with Crippen LogP contribution in [-0.4, -0.2) is 81.2 Å². The van der Waals surface area contributed by atoms with Crippen LogP contribution in [0.5, 0.6) is 0 Å². The number of nitrogens with zero attached hydrogens (tertiary/aromatic N) is 3. The molecule has 0 unspecified atom stereocenters. The van der Waals surface area contributed by atoms with E-state index in [1.54, 1.807) is 7.11 Å². The number of likely N-dealkylation sites (tertiary alicyclic amines) is 1. The van der Waals surface area contributed by atoms with Crippen molar-refractivity contribution in [1.29, 1.82) is 0 Å². The molecule has 3 rings (SSSR count). The molecule has 0 aliphatic carbocycles. The van der Waals surface area contributed by atoms with Gasteiger partial charge in [0.05, 0.1) is 0 Å². The van der Waals surface area contributed by atoms with Crippen LogP contribution in [-0.2, 0) is 22.5 Å². The van der Waals surface area contributed by atoms with E-state index in [2.05, 4.69) is 44.8 Å². The van der Waals surface area contributed by atoms with Crippen LogP contribution in [0.1, 0.15) is 43.2 Å². The van der Waals surface area contributed by atoms with E-state index in [1.165, 1.54) is 11.1 Å². The van der Waals surface area contributed by atoms with Crippen LogP contribution in [0, 0.1) is 0 Å². The van der Waals surface area contributed by atoms with Gasteiger partial charge in [0.1, 0.15) is 0 Å². The third-order valence-corrected chi connectivity index (χ3v) is 6.32. The van der Waals surface area contributed by atoms with E-state index < -0.39 is 0 Å². The Balaban J connectivity index is 1.30. The lowest BCUT2D eigenvalue weighted by Gasteiger charge is -2.33. The Bertz CT molecular complexity index is 716. The number of carbonyl (C=O) groups excluding carboxylic acids is 1. The molecule has 2 heterocycles. The number of carbonyl (C=O) groups is 1. The van der Waals surface area contributed by atoms with Gasteiger partial charge in [-0.05, 0) is 43.2 Å². The fraction of sp³-hybridized carbons (Fsp3) is 0.667. The first-order chi connectivity index (χ1) is 15.2. The predicted molar refractivity (Wildman–Crippen MR) is 125 cm³/mol.